The van der Waals surface area contributed by atoms with Gasteiger partial charge < -0.3 is 21.3 Å². The first-order chi connectivity index (χ1) is 21.9. The number of hydrogen-bond acceptors (Lipinski definition) is 9. The molecule has 5 heterocycles. The minimum Gasteiger partial charge on any atom is -0.507 e. The first-order valence-electron chi connectivity index (χ1n) is 14.4. The van der Waals surface area contributed by atoms with Gasteiger partial charge in [-0.2, -0.15) is 5.10 Å². The number of nitrogens with two attached hydrogens (primary N) is 2. The fourth-order valence-electron chi connectivity index (χ4n) is 5.73. The summed E-state index contributed by atoms with van der Waals surface area (Å²) in [5, 5.41) is 13.6. The van der Waals surface area contributed by atoms with Crippen LogP contribution in [0.25, 0.3) is 34.1 Å². The predicted octanol–water partition coefficient (Wildman–Crippen LogP) is 4.07. The monoisotopic (exact) mass is 600 g/mol. The maximum Gasteiger partial charge on any atom is 0.248 e. The zero-order valence-electron chi connectivity index (χ0n) is 24.1. The fourth-order valence-corrected chi connectivity index (χ4v) is 5.73. The number of aromatic hydroxyl groups is 1. The molecule has 2 aromatic carbocycles. The van der Waals surface area contributed by atoms with Crippen LogP contribution in [-0.4, -0.2) is 46.6 Å². The number of phenolic OH excluding ortho intramolecular Hbond substituents is 1. The van der Waals surface area contributed by atoms with Crippen molar-refractivity contribution in [1.29, 1.82) is 0 Å². The summed E-state index contributed by atoms with van der Waals surface area (Å²) >= 11 is 0. The molecule has 5 N–H and O–H groups in total. The number of nitrogens with zero attached hydrogens (tertiary/aromatic N) is 6. The van der Waals surface area contributed by atoms with Gasteiger partial charge in [0, 0.05) is 23.0 Å². The SMILES string of the molecule is NC(=O)c1ccc(O)c(C=O)c1.Nc1ncccc1-c1nc2ccc(-n3ncc4c3COC4)nc2n1-c1ccc2c(c1)CCC2. The molecule has 12 nitrogen and oxygen atoms in total. The Kier molecular flexibility index (Phi) is 7.02. The average molecular weight is 601 g/mol. The molecule has 1 amide bonds. The van der Waals surface area contributed by atoms with Crippen molar-refractivity contribution in [2.45, 2.75) is 32.5 Å². The number of fused-ring (bicyclic) bond motifs is 3. The molecule has 0 bridgehead atoms. The number of aryl methyl sites for hydroxylation is 2. The van der Waals surface area contributed by atoms with E-state index in [-0.39, 0.29) is 16.9 Å². The molecule has 0 saturated heterocycles. The summed E-state index contributed by atoms with van der Waals surface area (Å²) in [6.07, 6.45) is 7.43. The summed E-state index contributed by atoms with van der Waals surface area (Å²) < 4.78 is 9.54. The van der Waals surface area contributed by atoms with Gasteiger partial charge in [-0.3, -0.25) is 14.2 Å². The molecule has 224 valence electrons. The normalized spacial score (nSPS) is 13.2. The molecular weight excluding hydrogens is 572 g/mol. The highest BCUT2D eigenvalue weighted by Gasteiger charge is 2.23. The third kappa shape index (κ3) is 5.06. The van der Waals surface area contributed by atoms with E-state index in [0.717, 1.165) is 58.2 Å². The Balaban J connectivity index is 0.000000230. The number of phenols is 1. The number of hydrogen-bond donors (Lipinski definition) is 3. The number of primary amides is 1. The number of pyridine rings is 2. The van der Waals surface area contributed by atoms with Gasteiger partial charge in [-0.25, -0.2) is 19.6 Å². The van der Waals surface area contributed by atoms with E-state index in [1.54, 1.807) is 6.20 Å². The lowest BCUT2D eigenvalue weighted by Crippen LogP contribution is -2.10. The Hall–Kier alpha value is -5.88. The molecule has 0 atom stereocenters. The van der Waals surface area contributed by atoms with Crippen LogP contribution in [0.15, 0.2) is 73.1 Å². The molecule has 1 aliphatic heterocycles. The van der Waals surface area contributed by atoms with Crippen LogP contribution in [0.3, 0.4) is 0 Å². The van der Waals surface area contributed by atoms with E-state index in [2.05, 4.69) is 32.8 Å². The van der Waals surface area contributed by atoms with Crippen molar-refractivity contribution >= 4 is 29.2 Å². The summed E-state index contributed by atoms with van der Waals surface area (Å²) in [6.45, 7) is 1.13. The second-order valence-electron chi connectivity index (χ2n) is 10.8. The average Bonchev–Trinajstić information content (AvgIpc) is 3.85. The molecular formula is C33H28N8O4. The van der Waals surface area contributed by atoms with E-state index >= 15 is 0 Å². The maximum absolute atomic E-state index is 10.6. The van der Waals surface area contributed by atoms with Crippen molar-refractivity contribution in [3.05, 3.63) is 107 Å². The van der Waals surface area contributed by atoms with Crippen LogP contribution in [0, 0.1) is 0 Å². The number of nitrogen functional groups attached to an aromatic ring is 1. The molecule has 45 heavy (non-hydrogen) atoms. The molecule has 0 radical (unpaired) electrons. The van der Waals surface area contributed by atoms with E-state index in [1.165, 1.54) is 35.7 Å². The molecule has 0 saturated carbocycles. The standard InChI is InChI=1S/C25H21N7O.C8H7NO3/c26-23-19(5-2-10-27-23)24-29-20-8-9-22(32-21-14-33-13-17(21)12-28-32)30-25(20)31(24)18-7-6-15-3-1-4-16(15)11-18;9-8(12)5-1-2-7(11)6(3-5)4-10/h2,5-12H,1,3-4,13-14H2,(H2,26,27);1-4,11H,(H2,9,12). The van der Waals surface area contributed by atoms with Gasteiger partial charge in [-0.05, 0) is 85.0 Å². The van der Waals surface area contributed by atoms with Crippen LogP contribution in [0.2, 0.25) is 0 Å². The van der Waals surface area contributed by atoms with Crippen molar-refractivity contribution in [3.8, 4) is 28.6 Å². The van der Waals surface area contributed by atoms with E-state index in [4.69, 9.17) is 31.3 Å². The van der Waals surface area contributed by atoms with Crippen molar-refractivity contribution in [2.75, 3.05) is 5.73 Å². The molecule has 0 spiro atoms. The first kappa shape index (κ1) is 27.9. The highest BCUT2D eigenvalue weighted by molar-refractivity contribution is 5.95. The largest absolute Gasteiger partial charge is 0.507 e. The molecule has 8 rings (SSSR count). The van der Waals surface area contributed by atoms with Gasteiger partial charge in [0.1, 0.15) is 17.1 Å². The summed E-state index contributed by atoms with van der Waals surface area (Å²) in [6, 6.07) is 18.2. The second kappa shape index (κ2) is 11.3. The predicted molar refractivity (Wildman–Crippen MR) is 166 cm³/mol. The Morgan fingerprint density at radius 2 is 1.84 bits per heavy atom. The number of anilines is 1. The Morgan fingerprint density at radius 1 is 0.978 bits per heavy atom. The third-order valence-corrected chi connectivity index (χ3v) is 8.02. The summed E-state index contributed by atoms with van der Waals surface area (Å²) in [4.78, 5) is 35.1. The van der Waals surface area contributed by atoms with E-state index < -0.39 is 5.91 Å². The third-order valence-electron chi connectivity index (χ3n) is 8.02. The van der Waals surface area contributed by atoms with Crippen LogP contribution in [0.4, 0.5) is 5.82 Å². The van der Waals surface area contributed by atoms with Gasteiger partial charge in [-0.15, -0.1) is 0 Å². The number of benzene rings is 2. The topological polar surface area (TPSA) is 177 Å². The van der Waals surface area contributed by atoms with Gasteiger partial charge in [0.2, 0.25) is 5.91 Å². The number of carbonyl (C=O) groups is 2. The summed E-state index contributed by atoms with van der Waals surface area (Å²) in [5.74, 6) is 1.13. The van der Waals surface area contributed by atoms with Gasteiger partial charge in [-0.1, -0.05) is 6.07 Å². The summed E-state index contributed by atoms with van der Waals surface area (Å²) in [5.41, 5.74) is 19.8. The van der Waals surface area contributed by atoms with Gasteiger partial charge >= 0.3 is 0 Å². The lowest BCUT2D eigenvalue weighted by atomic mass is 10.1. The van der Waals surface area contributed by atoms with E-state index in [1.807, 2.05) is 35.1 Å². The number of ether oxygens (including phenoxy) is 1. The lowest BCUT2D eigenvalue weighted by molar-refractivity contribution is 0.1000. The van der Waals surface area contributed by atoms with Crippen LogP contribution < -0.4 is 11.5 Å². The number of aromatic nitrogens is 6. The van der Waals surface area contributed by atoms with Crippen LogP contribution >= 0.6 is 0 Å². The minimum absolute atomic E-state index is 0.0614. The zero-order chi connectivity index (χ0) is 31.1. The van der Waals surface area contributed by atoms with E-state index in [9.17, 15) is 9.59 Å². The maximum atomic E-state index is 10.6. The molecule has 2 aliphatic rings. The number of rotatable bonds is 5. The number of amides is 1. The van der Waals surface area contributed by atoms with Crippen molar-refractivity contribution in [2.24, 2.45) is 5.73 Å². The smallest absolute Gasteiger partial charge is 0.248 e. The Morgan fingerprint density at radius 3 is 2.67 bits per heavy atom. The van der Waals surface area contributed by atoms with Crippen molar-refractivity contribution in [3.63, 3.8) is 0 Å². The zero-order valence-corrected chi connectivity index (χ0v) is 24.1. The number of carbonyl (C=O) groups excluding carboxylic acids is 2. The highest BCUT2D eigenvalue weighted by atomic mass is 16.5. The Labute approximate surface area is 256 Å². The quantitative estimate of drug-likeness (QED) is 0.246. The van der Waals surface area contributed by atoms with Gasteiger partial charge in [0.15, 0.2) is 23.6 Å². The number of imidazole rings is 1. The molecule has 4 aromatic heterocycles. The molecule has 6 aromatic rings. The molecule has 0 unspecified atom stereocenters. The first-order valence-corrected chi connectivity index (χ1v) is 14.4. The van der Waals surface area contributed by atoms with Crippen molar-refractivity contribution in [1.82, 2.24) is 29.3 Å². The van der Waals surface area contributed by atoms with Crippen LogP contribution in [0.5, 0.6) is 5.75 Å². The highest BCUT2D eigenvalue weighted by Crippen LogP contribution is 2.33. The minimum atomic E-state index is -0.627. The van der Waals surface area contributed by atoms with E-state index in [0.29, 0.717) is 25.3 Å². The Bertz CT molecular complexity index is 2120. The fraction of sp³-hybridized carbons (Fsp3) is 0.152. The lowest BCUT2D eigenvalue weighted by Gasteiger charge is -2.12. The summed E-state index contributed by atoms with van der Waals surface area (Å²) in [7, 11) is 0. The number of aldehydes is 1. The van der Waals surface area contributed by atoms with Crippen molar-refractivity contribution < 1.29 is 19.4 Å². The van der Waals surface area contributed by atoms with Crippen LogP contribution in [0.1, 0.15) is 49.5 Å². The second-order valence-corrected chi connectivity index (χ2v) is 10.8. The van der Waals surface area contributed by atoms with Crippen LogP contribution in [-0.2, 0) is 30.8 Å². The molecule has 1 aliphatic carbocycles. The van der Waals surface area contributed by atoms with Gasteiger partial charge in [0.05, 0.1) is 36.2 Å². The molecule has 0 fully saturated rings. The van der Waals surface area contributed by atoms with Gasteiger partial charge in [0.25, 0.3) is 0 Å². The molecule has 12 heteroatoms.